The number of amides is 1. The van der Waals surface area contributed by atoms with Crippen molar-refractivity contribution in [1.29, 1.82) is 0 Å². The van der Waals surface area contributed by atoms with E-state index in [9.17, 15) is 14.7 Å². The summed E-state index contributed by atoms with van der Waals surface area (Å²) in [4.78, 5) is 29.2. The van der Waals surface area contributed by atoms with E-state index >= 15 is 0 Å². The van der Waals surface area contributed by atoms with Crippen LogP contribution in [0.5, 0.6) is 0 Å². The number of rotatable bonds is 6. The Kier molecular flexibility index (Phi) is 6.80. The molecule has 0 radical (unpaired) electrons. The van der Waals surface area contributed by atoms with Gasteiger partial charge in [0.05, 0.1) is 10.0 Å². The Morgan fingerprint density at radius 3 is 2.44 bits per heavy atom. The number of hydrogen-bond donors (Lipinski definition) is 2. The molecular weight excluding hydrogens is 510 g/mol. The van der Waals surface area contributed by atoms with Gasteiger partial charge in [0.15, 0.2) is 0 Å². The van der Waals surface area contributed by atoms with Crippen molar-refractivity contribution < 1.29 is 14.7 Å². The number of aromatic nitrogens is 1. The molecule has 2 aromatic carbocycles. The van der Waals surface area contributed by atoms with Crippen LogP contribution < -0.4 is 5.32 Å². The number of halogens is 2. The number of nitrogens with one attached hydrogen (secondary N) is 1. The Bertz CT molecular complexity index is 1170. The van der Waals surface area contributed by atoms with Crippen molar-refractivity contribution >= 4 is 62.8 Å². The molecule has 0 spiro atoms. The van der Waals surface area contributed by atoms with Gasteiger partial charge in [0.2, 0.25) is 0 Å². The molecule has 1 aliphatic rings. The fourth-order valence-corrected chi connectivity index (χ4v) is 5.78. The van der Waals surface area contributed by atoms with E-state index in [1.807, 2.05) is 30.3 Å². The molecule has 5 nitrogen and oxygen atoms in total. The van der Waals surface area contributed by atoms with Crippen molar-refractivity contribution in [2.75, 3.05) is 0 Å². The van der Waals surface area contributed by atoms with Crippen LogP contribution in [0.15, 0.2) is 48.5 Å². The van der Waals surface area contributed by atoms with Crippen molar-refractivity contribution in [2.24, 2.45) is 0 Å². The van der Waals surface area contributed by atoms with E-state index < -0.39 is 16.2 Å². The Balaban J connectivity index is 1.56. The molecule has 1 saturated carbocycles. The van der Waals surface area contributed by atoms with Gasteiger partial charge in [-0.05, 0) is 12.1 Å². The molecule has 1 fully saturated rings. The van der Waals surface area contributed by atoms with Crippen molar-refractivity contribution in [3.8, 4) is 11.3 Å². The summed E-state index contributed by atoms with van der Waals surface area (Å²) in [6, 6.07) is 13.7. The molecule has 0 aliphatic heterocycles. The quantitative estimate of drug-likeness (QED) is 0.451. The molecule has 32 heavy (non-hydrogen) atoms. The molecule has 1 aliphatic carbocycles. The van der Waals surface area contributed by atoms with Crippen LogP contribution in [0.3, 0.4) is 0 Å². The molecular formula is C24H23AsCl2N2O3. The number of pyridine rings is 1. The zero-order valence-corrected chi connectivity index (χ0v) is 21.2. The van der Waals surface area contributed by atoms with Gasteiger partial charge in [-0.2, -0.15) is 0 Å². The van der Waals surface area contributed by atoms with Crippen molar-refractivity contribution in [2.45, 2.75) is 42.3 Å². The summed E-state index contributed by atoms with van der Waals surface area (Å²) in [5, 5.41) is 14.4. The third-order valence-corrected chi connectivity index (χ3v) is 8.36. The van der Waals surface area contributed by atoms with Crippen LogP contribution in [0.2, 0.25) is 14.2 Å². The van der Waals surface area contributed by atoms with Crippen molar-refractivity contribution in [3.63, 3.8) is 0 Å². The number of benzene rings is 2. The van der Waals surface area contributed by atoms with Gasteiger partial charge in [-0.1, -0.05) is 29.3 Å². The predicted octanol–water partition coefficient (Wildman–Crippen LogP) is 4.69. The van der Waals surface area contributed by atoms with Gasteiger partial charge in [0.25, 0.3) is 0 Å². The van der Waals surface area contributed by atoms with Gasteiger partial charge in [0.1, 0.15) is 0 Å². The van der Waals surface area contributed by atoms with Crippen LogP contribution in [-0.4, -0.2) is 44.9 Å². The van der Waals surface area contributed by atoms with Crippen LogP contribution in [-0.2, 0) is 16.0 Å². The first-order chi connectivity index (χ1) is 15.3. The Morgan fingerprint density at radius 1 is 1.09 bits per heavy atom. The van der Waals surface area contributed by atoms with Crippen LogP contribution in [0.1, 0.15) is 31.2 Å². The maximum atomic E-state index is 12.7. The second-order valence-electron chi connectivity index (χ2n) is 8.25. The minimum absolute atomic E-state index is 0.147. The first-order valence-corrected chi connectivity index (χ1v) is 12.4. The second kappa shape index (κ2) is 9.43. The van der Waals surface area contributed by atoms with E-state index in [1.54, 1.807) is 18.2 Å². The molecule has 8 heteroatoms. The molecule has 2 unspecified atom stereocenters. The van der Waals surface area contributed by atoms with E-state index in [0.717, 1.165) is 42.1 Å². The van der Waals surface area contributed by atoms with E-state index in [1.165, 1.54) is 16.9 Å². The van der Waals surface area contributed by atoms with E-state index in [0.29, 0.717) is 21.3 Å². The molecule has 4 rings (SSSR count). The molecule has 0 saturated heterocycles. The fraction of sp³-hybridized carbons (Fsp3) is 0.292. The van der Waals surface area contributed by atoms with Crippen LogP contribution >= 0.6 is 23.2 Å². The topological polar surface area (TPSA) is 79.3 Å². The average molecular weight is 533 g/mol. The number of carbonyl (C=O) groups excluding carboxylic acids is 1. The monoisotopic (exact) mass is 532 g/mol. The van der Waals surface area contributed by atoms with Crippen LogP contribution in [0.25, 0.3) is 22.2 Å². The Labute approximate surface area is 205 Å². The average Bonchev–Trinajstić information content (AvgIpc) is 3.21. The molecule has 3 aromatic rings. The van der Waals surface area contributed by atoms with Gasteiger partial charge in [-0.3, -0.25) is 0 Å². The summed E-state index contributed by atoms with van der Waals surface area (Å²) >= 11 is 14.0. The molecule has 166 valence electrons. The number of aliphatic carboxylic acids is 1. The van der Waals surface area contributed by atoms with E-state index in [2.05, 4.69) is 10.3 Å². The third kappa shape index (κ3) is 4.80. The van der Waals surface area contributed by atoms with E-state index in [-0.39, 0.29) is 12.3 Å². The van der Waals surface area contributed by atoms with Gasteiger partial charge < -0.3 is 0 Å². The standard InChI is InChI=1S/C24H23AsCl2N2O3/c25-24(10-1-2-11-24)23(32)29-20(22(30)31)13-14-6-8-18-15(12-14)7-9-19(28-18)21-16(26)4-3-5-17(21)27/h3-9,12,20H,1-2,10-11,13,25H2,(H,29,32)(H,30,31). The number of carbonyl (C=O) groups is 2. The zero-order valence-electron chi connectivity index (χ0n) is 17.3. The fourth-order valence-electron chi connectivity index (χ4n) is 4.15. The minimum atomic E-state index is -1.03. The summed E-state index contributed by atoms with van der Waals surface area (Å²) in [6.07, 6.45) is 3.89. The summed E-state index contributed by atoms with van der Waals surface area (Å²) < 4.78 is -0.412. The van der Waals surface area contributed by atoms with Crippen LogP contribution in [0, 0.1) is 0 Å². The number of nitrogens with zero attached hydrogens (tertiary/aromatic N) is 1. The van der Waals surface area contributed by atoms with Gasteiger partial charge in [-0.25, -0.2) is 0 Å². The molecule has 0 bridgehead atoms. The normalized spacial score (nSPS) is 16.1. The molecule has 2 N–H and O–H groups in total. The summed E-state index contributed by atoms with van der Waals surface area (Å²) in [7, 11) is 0. The van der Waals surface area contributed by atoms with Crippen molar-refractivity contribution in [3.05, 3.63) is 64.1 Å². The predicted molar refractivity (Wildman–Crippen MR) is 130 cm³/mol. The van der Waals surface area contributed by atoms with Crippen LogP contribution in [0.4, 0.5) is 0 Å². The summed E-state index contributed by atoms with van der Waals surface area (Å²) in [5.74, 6) is -1.18. The first-order valence-electron chi connectivity index (χ1n) is 10.4. The molecule has 1 heterocycles. The van der Waals surface area contributed by atoms with Crippen molar-refractivity contribution in [1.82, 2.24) is 10.3 Å². The molecule has 1 amide bonds. The second-order valence-corrected chi connectivity index (χ2v) is 11.4. The zero-order chi connectivity index (χ0) is 22.9. The Hall–Kier alpha value is -2.07. The summed E-state index contributed by atoms with van der Waals surface area (Å²) in [6.45, 7) is 0. The van der Waals surface area contributed by atoms with Gasteiger partial charge in [-0.15, -0.1) is 0 Å². The first kappa shape index (κ1) is 23.1. The molecule has 2 atom stereocenters. The summed E-state index contributed by atoms with van der Waals surface area (Å²) in [5.41, 5.74) is 2.91. The molecule has 1 aromatic heterocycles. The van der Waals surface area contributed by atoms with Gasteiger partial charge in [0, 0.05) is 0 Å². The number of fused-ring (bicyclic) bond motifs is 1. The number of hydrogen-bond acceptors (Lipinski definition) is 3. The third-order valence-electron chi connectivity index (χ3n) is 5.96. The van der Waals surface area contributed by atoms with E-state index in [4.69, 9.17) is 23.2 Å². The maximum absolute atomic E-state index is 12.7. The van der Waals surface area contributed by atoms with Gasteiger partial charge >= 0.3 is 154 Å². The number of carboxylic acid groups (broad SMARTS) is 1. The SMILES string of the molecule is O=C(O)C(Cc1ccc2nc(-c3c(Cl)cccc3Cl)ccc2c1)NC(=O)C1([AsH2])CCCC1. The Morgan fingerprint density at radius 2 is 1.78 bits per heavy atom. The number of carboxylic acids is 1.